The van der Waals surface area contributed by atoms with E-state index in [4.69, 9.17) is 4.74 Å². The summed E-state index contributed by atoms with van der Waals surface area (Å²) < 4.78 is 30.5. The molecule has 1 atom stereocenters. The minimum absolute atomic E-state index is 0.427. The highest BCUT2D eigenvalue weighted by atomic mass is 32.2. The normalized spacial score (nSPS) is 13.2. The van der Waals surface area contributed by atoms with Crippen molar-refractivity contribution in [3.8, 4) is 5.75 Å². The zero-order chi connectivity index (χ0) is 14.0. The molecule has 0 aliphatic carbocycles. The summed E-state index contributed by atoms with van der Waals surface area (Å²) in [6, 6.07) is 10.6. The van der Waals surface area contributed by atoms with E-state index in [0.29, 0.717) is 16.8 Å². The molecule has 5 nitrogen and oxygen atoms in total. The zero-order valence-corrected chi connectivity index (χ0v) is 11.4. The number of fused-ring (bicyclic) bond motifs is 1. The lowest BCUT2D eigenvalue weighted by molar-refractivity contribution is 0.000905. The van der Waals surface area contributed by atoms with Gasteiger partial charge in [-0.25, -0.2) is 8.42 Å². The number of rotatable bonds is 4. The summed E-state index contributed by atoms with van der Waals surface area (Å²) in [6.07, 6.45) is 0.112. The summed E-state index contributed by atoms with van der Waals surface area (Å²) in [4.78, 5) is 0. The van der Waals surface area contributed by atoms with Crippen molar-refractivity contribution >= 4 is 26.5 Å². The second kappa shape index (κ2) is 5.07. The molecule has 2 aromatic rings. The van der Waals surface area contributed by atoms with Crippen molar-refractivity contribution in [1.29, 1.82) is 0 Å². The summed E-state index contributed by atoms with van der Waals surface area (Å²) in [7, 11) is -3.38. The van der Waals surface area contributed by atoms with E-state index in [2.05, 4.69) is 4.72 Å². The van der Waals surface area contributed by atoms with Gasteiger partial charge in [-0.1, -0.05) is 24.3 Å². The molecule has 0 bridgehead atoms. The van der Waals surface area contributed by atoms with Crippen molar-refractivity contribution in [1.82, 2.24) is 0 Å². The van der Waals surface area contributed by atoms with Gasteiger partial charge in [0.1, 0.15) is 5.75 Å². The first kappa shape index (κ1) is 13.6. The largest absolute Gasteiger partial charge is 0.465 e. The molecule has 0 aromatic heterocycles. The molecule has 0 aliphatic rings. The Morgan fingerprint density at radius 2 is 1.84 bits per heavy atom. The number of hydrogen-bond donors (Lipinski definition) is 2. The molecule has 0 heterocycles. The summed E-state index contributed by atoms with van der Waals surface area (Å²) in [5.41, 5.74) is 0.427. The third-order valence-corrected chi connectivity index (χ3v) is 3.05. The highest BCUT2D eigenvalue weighted by molar-refractivity contribution is 7.92. The number of ether oxygens (including phenoxy) is 1. The molecule has 0 aliphatic heterocycles. The van der Waals surface area contributed by atoms with Gasteiger partial charge in [0.15, 0.2) is 6.29 Å². The van der Waals surface area contributed by atoms with Crippen molar-refractivity contribution in [3.05, 3.63) is 36.4 Å². The quantitative estimate of drug-likeness (QED) is 0.840. The fraction of sp³-hybridized carbons (Fsp3) is 0.231. The average molecular weight is 281 g/mol. The van der Waals surface area contributed by atoms with Gasteiger partial charge in [0.2, 0.25) is 10.0 Å². The lowest BCUT2D eigenvalue weighted by atomic mass is 10.1. The van der Waals surface area contributed by atoms with Gasteiger partial charge < -0.3 is 9.84 Å². The van der Waals surface area contributed by atoms with Crippen LogP contribution < -0.4 is 9.46 Å². The van der Waals surface area contributed by atoms with E-state index in [9.17, 15) is 13.5 Å². The summed E-state index contributed by atoms with van der Waals surface area (Å²) in [5.74, 6) is 0.430. The Morgan fingerprint density at radius 1 is 1.21 bits per heavy atom. The molecule has 0 spiro atoms. The van der Waals surface area contributed by atoms with Crippen molar-refractivity contribution in [2.45, 2.75) is 13.2 Å². The van der Waals surface area contributed by atoms with E-state index >= 15 is 0 Å². The summed E-state index contributed by atoms with van der Waals surface area (Å²) in [5, 5.41) is 10.8. The fourth-order valence-corrected chi connectivity index (χ4v) is 2.44. The van der Waals surface area contributed by atoms with E-state index < -0.39 is 16.3 Å². The van der Waals surface area contributed by atoms with Gasteiger partial charge in [-0.15, -0.1) is 0 Å². The molecule has 0 saturated heterocycles. The van der Waals surface area contributed by atoms with Crippen LogP contribution in [0.3, 0.4) is 0 Å². The molecular weight excluding hydrogens is 266 g/mol. The van der Waals surface area contributed by atoms with Crippen LogP contribution in [0.25, 0.3) is 10.8 Å². The predicted octanol–water partition coefficient (Wildman–Crippen LogP) is 1.93. The van der Waals surface area contributed by atoms with E-state index in [1.165, 1.54) is 6.92 Å². The van der Waals surface area contributed by atoms with Crippen LogP contribution in [0.2, 0.25) is 0 Å². The number of benzene rings is 2. The van der Waals surface area contributed by atoms with E-state index in [1.54, 1.807) is 24.3 Å². The number of aliphatic hydroxyl groups excluding tert-OH is 1. The Balaban J connectivity index is 2.63. The molecule has 0 radical (unpaired) electrons. The molecule has 6 heteroatoms. The number of anilines is 1. The van der Waals surface area contributed by atoms with Crippen LogP contribution in [-0.2, 0) is 10.0 Å². The molecule has 0 fully saturated rings. The molecule has 19 heavy (non-hydrogen) atoms. The van der Waals surface area contributed by atoms with Crippen molar-refractivity contribution in [2.24, 2.45) is 0 Å². The maximum Gasteiger partial charge on any atom is 0.229 e. The van der Waals surface area contributed by atoms with Crippen molar-refractivity contribution in [3.63, 3.8) is 0 Å². The Kier molecular flexibility index (Phi) is 3.64. The SMILES string of the molecule is CC(O)Oc1cccc2cccc(NS(C)(=O)=O)c12. The zero-order valence-electron chi connectivity index (χ0n) is 10.6. The molecule has 2 aromatic carbocycles. The number of nitrogens with one attached hydrogen (secondary N) is 1. The second-order valence-corrected chi connectivity index (χ2v) is 6.00. The fourth-order valence-electron chi connectivity index (χ4n) is 1.87. The van der Waals surface area contributed by atoms with Crippen molar-refractivity contribution < 1.29 is 18.3 Å². The lowest BCUT2D eigenvalue weighted by Gasteiger charge is -2.14. The first-order valence-electron chi connectivity index (χ1n) is 5.71. The highest BCUT2D eigenvalue weighted by Gasteiger charge is 2.11. The van der Waals surface area contributed by atoms with Gasteiger partial charge in [0, 0.05) is 5.39 Å². The number of aliphatic hydroxyl groups is 1. The van der Waals surface area contributed by atoms with Crippen LogP contribution >= 0.6 is 0 Å². The van der Waals surface area contributed by atoms with Gasteiger partial charge in [0.05, 0.1) is 11.9 Å². The molecule has 0 saturated carbocycles. The molecule has 0 amide bonds. The van der Waals surface area contributed by atoms with E-state index in [0.717, 1.165) is 11.6 Å². The van der Waals surface area contributed by atoms with Crippen LogP contribution in [0.4, 0.5) is 5.69 Å². The van der Waals surface area contributed by atoms with Gasteiger partial charge in [-0.05, 0) is 24.4 Å². The first-order valence-corrected chi connectivity index (χ1v) is 7.60. The van der Waals surface area contributed by atoms with Gasteiger partial charge in [-0.2, -0.15) is 0 Å². The maximum atomic E-state index is 11.4. The van der Waals surface area contributed by atoms with E-state index in [1.807, 2.05) is 12.1 Å². The Labute approximate surface area is 111 Å². The van der Waals surface area contributed by atoms with Crippen LogP contribution in [0.1, 0.15) is 6.92 Å². The smallest absolute Gasteiger partial charge is 0.229 e. The standard InChI is InChI=1S/C13H15NO4S/c1-9(15)18-12-8-4-6-10-5-3-7-11(13(10)12)14-19(2,16)17/h3-9,14-15H,1-2H3. The van der Waals surface area contributed by atoms with Crippen LogP contribution in [0, 0.1) is 0 Å². The average Bonchev–Trinajstić information content (AvgIpc) is 2.26. The summed E-state index contributed by atoms with van der Waals surface area (Å²) >= 11 is 0. The minimum Gasteiger partial charge on any atom is -0.465 e. The molecule has 2 rings (SSSR count). The second-order valence-electron chi connectivity index (χ2n) is 4.25. The Bertz CT molecular complexity index is 690. The van der Waals surface area contributed by atoms with Gasteiger partial charge in [0.25, 0.3) is 0 Å². The first-order chi connectivity index (χ1) is 8.87. The van der Waals surface area contributed by atoms with Crippen LogP contribution in [0.15, 0.2) is 36.4 Å². The number of hydrogen-bond acceptors (Lipinski definition) is 4. The molecule has 2 N–H and O–H groups in total. The highest BCUT2D eigenvalue weighted by Crippen LogP contribution is 2.33. The molecule has 1 unspecified atom stereocenters. The van der Waals surface area contributed by atoms with Crippen molar-refractivity contribution in [2.75, 3.05) is 11.0 Å². The van der Waals surface area contributed by atoms with Crippen LogP contribution in [0.5, 0.6) is 5.75 Å². The lowest BCUT2D eigenvalue weighted by Crippen LogP contribution is -2.12. The minimum atomic E-state index is -3.38. The Morgan fingerprint density at radius 3 is 2.42 bits per heavy atom. The molecule has 102 valence electrons. The third-order valence-electron chi connectivity index (χ3n) is 2.46. The van der Waals surface area contributed by atoms with Gasteiger partial charge >= 0.3 is 0 Å². The summed E-state index contributed by atoms with van der Waals surface area (Å²) in [6.45, 7) is 1.49. The monoisotopic (exact) mass is 281 g/mol. The molecular formula is C13H15NO4S. The van der Waals surface area contributed by atoms with Gasteiger partial charge in [-0.3, -0.25) is 4.72 Å². The number of sulfonamides is 1. The predicted molar refractivity (Wildman–Crippen MR) is 74.7 cm³/mol. The van der Waals surface area contributed by atoms with E-state index in [-0.39, 0.29) is 0 Å². The maximum absolute atomic E-state index is 11.4. The third kappa shape index (κ3) is 3.36. The van der Waals surface area contributed by atoms with Crippen LogP contribution in [-0.4, -0.2) is 26.1 Å². The topological polar surface area (TPSA) is 75.6 Å². The Hall–Kier alpha value is -1.79.